The molecule has 0 aromatic heterocycles. The van der Waals surface area contributed by atoms with E-state index in [2.05, 4.69) is 4.74 Å². The van der Waals surface area contributed by atoms with E-state index >= 15 is 0 Å². The minimum atomic E-state index is -4.56. The van der Waals surface area contributed by atoms with Crippen LogP contribution in [0.25, 0.3) is 0 Å². The van der Waals surface area contributed by atoms with Crippen LogP contribution in [-0.2, 0) is 10.9 Å². The Morgan fingerprint density at radius 3 is 2.53 bits per heavy atom. The molecule has 0 aliphatic rings. The average Bonchev–Trinajstić information content (AvgIpc) is 2.27. The zero-order chi connectivity index (χ0) is 13.1. The molecular formula is C11H11F3O2S. The highest BCUT2D eigenvalue weighted by Crippen LogP contribution is 2.36. The summed E-state index contributed by atoms with van der Waals surface area (Å²) in [4.78, 5) is 11.8. The molecule has 1 aromatic carbocycles. The van der Waals surface area contributed by atoms with Crippen molar-refractivity contribution in [2.75, 3.05) is 12.9 Å². The van der Waals surface area contributed by atoms with Gasteiger partial charge in [-0.15, -0.1) is 11.8 Å². The summed E-state index contributed by atoms with van der Waals surface area (Å²) in [7, 11) is 0. The summed E-state index contributed by atoms with van der Waals surface area (Å²) >= 11 is 1.08. The lowest BCUT2D eigenvalue weighted by Crippen LogP contribution is -2.16. The second-order valence-corrected chi connectivity index (χ2v) is 3.95. The van der Waals surface area contributed by atoms with Crippen LogP contribution in [0, 0.1) is 0 Å². The van der Waals surface area contributed by atoms with E-state index in [1.165, 1.54) is 12.1 Å². The van der Waals surface area contributed by atoms with Crippen molar-refractivity contribution >= 4 is 17.7 Å². The summed E-state index contributed by atoms with van der Waals surface area (Å²) in [5.74, 6) is -0.940. The Hall–Kier alpha value is -1.17. The first kappa shape index (κ1) is 13.9. The maximum atomic E-state index is 12.7. The fourth-order valence-electron chi connectivity index (χ4n) is 1.35. The normalized spacial score (nSPS) is 11.4. The molecule has 0 saturated heterocycles. The van der Waals surface area contributed by atoms with Gasteiger partial charge in [-0.1, -0.05) is 6.07 Å². The number of ether oxygens (including phenoxy) is 1. The largest absolute Gasteiger partial charge is 0.462 e. The van der Waals surface area contributed by atoms with Crippen molar-refractivity contribution in [1.29, 1.82) is 0 Å². The molecule has 0 N–H and O–H groups in total. The Bertz CT molecular complexity index is 416. The van der Waals surface area contributed by atoms with E-state index in [1.807, 2.05) is 0 Å². The van der Waals surface area contributed by atoms with Crippen LogP contribution in [0.2, 0.25) is 0 Å². The lowest BCUT2D eigenvalue weighted by Gasteiger charge is -2.14. The third-order valence-electron chi connectivity index (χ3n) is 2.03. The smallest absolute Gasteiger partial charge is 0.417 e. The Kier molecular flexibility index (Phi) is 4.45. The zero-order valence-electron chi connectivity index (χ0n) is 9.30. The number of hydrogen-bond acceptors (Lipinski definition) is 3. The molecule has 0 atom stereocenters. The van der Waals surface area contributed by atoms with Gasteiger partial charge in [-0.3, -0.25) is 0 Å². The molecule has 0 unspecified atom stereocenters. The van der Waals surface area contributed by atoms with Gasteiger partial charge in [-0.05, 0) is 25.3 Å². The number of hydrogen-bond donors (Lipinski definition) is 0. The maximum Gasteiger partial charge on any atom is 0.417 e. The van der Waals surface area contributed by atoms with Crippen LogP contribution < -0.4 is 0 Å². The molecule has 6 heteroatoms. The molecule has 0 amide bonds. The summed E-state index contributed by atoms with van der Waals surface area (Å²) in [6, 6.07) is 3.62. The quantitative estimate of drug-likeness (QED) is 0.616. The molecule has 0 bridgehead atoms. The molecule has 2 nitrogen and oxygen atoms in total. The minimum Gasteiger partial charge on any atom is -0.462 e. The molecule has 0 saturated carbocycles. The van der Waals surface area contributed by atoms with Crippen LogP contribution in [0.4, 0.5) is 13.2 Å². The van der Waals surface area contributed by atoms with E-state index in [0.29, 0.717) is 0 Å². The molecular weight excluding hydrogens is 253 g/mol. The predicted molar refractivity (Wildman–Crippen MR) is 59.2 cm³/mol. The number of halogens is 3. The number of benzene rings is 1. The molecule has 0 fully saturated rings. The minimum absolute atomic E-state index is 0.0405. The van der Waals surface area contributed by atoms with Crippen molar-refractivity contribution in [3.05, 3.63) is 29.3 Å². The van der Waals surface area contributed by atoms with Crippen LogP contribution in [0.3, 0.4) is 0 Å². The number of esters is 1. The van der Waals surface area contributed by atoms with Crippen LogP contribution in [0.15, 0.2) is 23.1 Å². The van der Waals surface area contributed by atoms with E-state index in [0.717, 1.165) is 17.8 Å². The summed E-state index contributed by atoms with van der Waals surface area (Å²) in [6.07, 6.45) is -2.95. The molecule has 0 aliphatic heterocycles. The predicted octanol–water partition coefficient (Wildman–Crippen LogP) is 3.60. The Labute approximate surface area is 101 Å². The van der Waals surface area contributed by atoms with Gasteiger partial charge < -0.3 is 4.74 Å². The van der Waals surface area contributed by atoms with Gasteiger partial charge in [0.1, 0.15) is 0 Å². The van der Waals surface area contributed by atoms with Gasteiger partial charge >= 0.3 is 12.1 Å². The number of thioether (sulfide) groups is 1. The Morgan fingerprint density at radius 2 is 2.06 bits per heavy atom. The summed E-state index contributed by atoms with van der Waals surface area (Å²) in [5, 5.41) is 0. The third kappa shape index (κ3) is 3.15. The summed E-state index contributed by atoms with van der Waals surface area (Å²) in [6.45, 7) is 1.59. The van der Waals surface area contributed by atoms with Crippen LogP contribution in [0.1, 0.15) is 22.8 Å². The van der Waals surface area contributed by atoms with Crippen molar-refractivity contribution in [3.63, 3.8) is 0 Å². The third-order valence-corrected chi connectivity index (χ3v) is 2.81. The molecule has 1 rings (SSSR count). The number of carbonyl (C=O) groups is 1. The van der Waals surface area contributed by atoms with Gasteiger partial charge in [0.2, 0.25) is 0 Å². The number of rotatable bonds is 3. The van der Waals surface area contributed by atoms with E-state index in [1.54, 1.807) is 13.2 Å². The molecule has 0 radical (unpaired) electrons. The Morgan fingerprint density at radius 1 is 1.41 bits per heavy atom. The summed E-state index contributed by atoms with van der Waals surface area (Å²) < 4.78 is 42.9. The van der Waals surface area contributed by atoms with Crippen LogP contribution >= 0.6 is 11.8 Å². The molecule has 17 heavy (non-hydrogen) atoms. The maximum absolute atomic E-state index is 12.7. The fourth-order valence-corrected chi connectivity index (χ4v) is 1.96. The first-order valence-corrected chi connectivity index (χ1v) is 6.05. The van der Waals surface area contributed by atoms with Crippen molar-refractivity contribution < 1.29 is 22.7 Å². The van der Waals surface area contributed by atoms with Gasteiger partial charge in [0.05, 0.1) is 17.7 Å². The van der Waals surface area contributed by atoms with Crippen LogP contribution in [-0.4, -0.2) is 18.8 Å². The molecule has 0 spiro atoms. The van der Waals surface area contributed by atoms with Gasteiger partial charge in [-0.2, -0.15) is 13.2 Å². The van der Waals surface area contributed by atoms with E-state index in [-0.39, 0.29) is 11.5 Å². The second kappa shape index (κ2) is 5.44. The van der Waals surface area contributed by atoms with E-state index in [4.69, 9.17) is 0 Å². The van der Waals surface area contributed by atoms with Gasteiger partial charge in [0, 0.05) is 4.90 Å². The lowest BCUT2D eigenvalue weighted by molar-refractivity contribution is -0.138. The molecule has 1 aromatic rings. The van der Waals surface area contributed by atoms with Crippen LogP contribution in [0.5, 0.6) is 0 Å². The molecule has 0 heterocycles. The number of carbonyl (C=O) groups excluding carboxylic acids is 1. The fraction of sp³-hybridized carbons (Fsp3) is 0.364. The van der Waals surface area contributed by atoms with Crippen molar-refractivity contribution in [2.24, 2.45) is 0 Å². The Balaban J connectivity index is 3.36. The molecule has 94 valence electrons. The van der Waals surface area contributed by atoms with Gasteiger partial charge in [-0.25, -0.2) is 4.79 Å². The van der Waals surface area contributed by atoms with Gasteiger partial charge in [0.15, 0.2) is 0 Å². The standard InChI is InChI=1S/C11H11F3O2S/c1-3-16-10(15)9-7(11(12,13)14)5-4-6-8(9)17-2/h4-6H,3H2,1-2H3. The first-order chi connectivity index (χ1) is 7.91. The average molecular weight is 264 g/mol. The lowest BCUT2D eigenvalue weighted by atomic mass is 10.1. The van der Waals surface area contributed by atoms with Crippen molar-refractivity contribution in [1.82, 2.24) is 0 Å². The van der Waals surface area contributed by atoms with E-state index < -0.39 is 23.3 Å². The topological polar surface area (TPSA) is 26.3 Å². The highest BCUT2D eigenvalue weighted by molar-refractivity contribution is 7.98. The monoisotopic (exact) mass is 264 g/mol. The van der Waals surface area contributed by atoms with E-state index in [9.17, 15) is 18.0 Å². The van der Waals surface area contributed by atoms with Crippen molar-refractivity contribution in [3.8, 4) is 0 Å². The number of alkyl halides is 3. The highest BCUT2D eigenvalue weighted by atomic mass is 32.2. The van der Waals surface area contributed by atoms with Crippen molar-refractivity contribution in [2.45, 2.75) is 18.0 Å². The highest BCUT2D eigenvalue weighted by Gasteiger charge is 2.36. The first-order valence-electron chi connectivity index (χ1n) is 4.83. The van der Waals surface area contributed by atoms with Gasteiger partial charge in [0.25, 0.3) is 0 Å². The summed E-state index contributed by atoms with van der Waals surface area (Å²) in [5.41, 5.74) is -1.36. The SMILES string of the molecule is CCOC(=O)c1c(SC)cccc1C(F)(F)F. The zero-order valence-corrected chi connectivity index (χ0v) is 10.1. The molecule has 0 aliphatic carbocycles. The second-order valence-electron chi connectivity index (χ2n) is 3.10.